The van der Waals surface area contributed by atoms with Crippen LogP contribution in [0.15, 0.2) is 212 Å². The number of fused-ring (bicyclic) bond motifs is 14. The van der Waals surface area contributed by atoms with E-state index >= 15 is 8.78 Å². The van der Waals surface area contributed by atoms with Crippen LogP contribution in [0.5, 0.6) is 0 Å². The van der Waals surface area contributed by atoms with Gasteiger partial charge in [-0.05, 0) is 77.9 Å². The molecule has 0 radical (unpaired) electrons. The average molecular weight is 876 g/mol. The van der Waals surface area contributed by atoms with Crippen LogP contribution in [-0.2, 0) is 0 Å². The molecule has 0 bridgehead atoms. The summed E-state index contributed by atoms with van der Waals surface area (Å²) in [4.78, 5) is 4.55. The lowest BCUT2D eigenvalue weighted by atomic mass is 10.00. The standard InChI is InChI=1S/C61H35F2N5/c1-64-56-55(67-53-26-14-10-22-45(53)49-30-28-47-43-20-8-12-24-51(43)65(58(47)60(49)67)40-16-4-2-5-17-40)33-32-42(37-34-38(62)36-39(63)35-37)57(56)68-54-27-15-11-23-46(54)50-31-29-48-44-21-9-13-25-52(44)66(59(48)61(50)68)41-18-6-3-7-19-41/h2-36H. The van der Waals surface area contributed by atoms with Crippen molar-refractivity contribution in [3.63, 3.8) is 0 Å². The molecule has 0 unspecified atom stereocenters. The predicted molar refractivity (Wildman–Crippen MR) is 275 cm³/mol. The van der Waals surface area contributed by atoms with E-state index in [1.807, 2.05) is 54.6 Å². The molecule has 10 aromatic carbocycles. The first kappa shape index (κ1) is 38.1. The highest BCUT2D eigenvalue weighted by Crippen LogP contribution is 2.49. The molecular formula is C61H35F2N5. The van der Waals surface area contributed by atoms with E-state index in [-0.39, 0.29) is 0 Å². The summed E-state index contributed by atoms with van der Waals surface area (Å²) >= 11 is 0. The van der Waals surface area contributed by atoms with Gasteiger partial charge in [0, 0.05) is 60.5 Å². The van der Waals surface area contributed by atoms with E-state index < -0.39 is 11.6 Å². The number of benzene rings is 10. The molecule has 0 aliphatic heterocycles. The van der Waals surface area contributed by atoms with Gasteiger partial charge in [0.1, 0.15) is 11.6 Å². The molecule has 14 rings (SSSR count). The molecule has 0 amide bonds. The summed E-state index contributed by atoms with van der Waals surface area (Å²) in [6, 6.07) is 70.5. The molecule has 7 heteroatoms. The maximum absolute atomic E-state index is 15.6. The number of hydrogen-bond donors (Lipinski definition) is 0. The van der Waals surface area contributed by atoms with Gasteiger partial charge in [-0.2, -0.15) is 0 Å². The lowest BCUT2D eigenvalue weighted by Gasteiger charge is -2.21. The molecular weight excluding hydrogens is 841 g/mol. The minimum atomic E-state index is -0.702. The fraction of sp³-hybridized carbons (Fsp3) is 0. The summed E-state index contributed by atoms with van der Waals surface area (Å²) in [6.45, 7) is 9.40. The third-order valence-electron chi connectivity index (χ3n) is 13.8. The molecule has 4 aromatic heterocycles. The van der Waals surface area contributed by atoms with Gasteiger partial charge in [-0.3, -0.25) is 0 Å². The van der Waals surface area contributed by atoms with Crippen molar-refractivity contribution in [3.8, 4) is 33.9 Å². The van der Waals surface area contributed by atoms with E-state index in [0.29, 0.717) is 28.2 Å². The van der Waals surface area contributed by atoms with Crippen molar-refractivity contribution in [3.05, 3.63) is 235 Å². The Labute approximate surface area is 387 Å². The lowest BCUT2D eigenvalue weighted by Crippen LogP contribution is -2.04. The van der Waals surface area contributed by atoms with Crippen molar-refractivity contribution in [2.75, 3.05) is 0 Å². The Bertz CT molecular complexity index is 4450. The van der Waals surface area contributed by atoms with Crippen LogP contribution < -0.4 is 0 Å². The topological polar surface area (TPSA) is 24.1 Å². The summed E-state index contributed by atoms with van der Waals surface area (Å²) in [7, 11) is 0. The van der Waals surface area contributed by atoms with Crippen molar-refractivity contribution in [1.82, 2.24) is 18.3 Å². The Morgan fingerprint density at radius 1 is 0.338 bits per heavy atom. The Morgan fingerprint density at radius 2 is 0.706 bits per heavy atom. The average Bonchev–Trinajstić information content (AvgIpc) is 4.11. The zero-order valence-corrected chi connectivity index (χ0v) is 36.2. The molecule has 0 fully saturated rings. The highest BCUT2D eigenvalue weighted by molar-refractivity contribution is 6.26. The number of para-hydroxylation sites is 6. The Morgan fingerprint density at radius 3 is 1.15 bits per heavy atom. The SMILES string of the molecule is [C-]#[N+]c1c(-n2c3ccccc3c3ccc4c5ccccc5n(-c5ccccc5)c4c32)ccc(-c2cc(F)cc(F)c2)c1-n1c2ccccc2c2ccc3c4ccccc4n(-c4ccccc4)c3c21. The van der Waals surface area contributed by atoms with Gasteiger partial charge in [-0.25, -0.2) is 13.6 Å². The molecule has 318 valence electrons. The summed E-state index contributed by atoms with van der Waals surface area (Å²) in [5.74, 6) is -1.40. The molecule has 4 heterocycles. The van der Waals surface area contributed by atoms with Gasteiger partial charge in [0.05, 0.1) is 62.1 Å². The van der Waals surface area contributed by atoms with Crippen LogP contribution in [0.1, 0.15) is 0 Å². The smallest absolute Gasteiger partial charge is 0.234 e. The Hall–Kier alpha value is -9.25. The van der Waals surface area contributed by atoms with Crippen molar-refractivity contribution in [1.29, 1.82) is 0 Å². The van der Waals surface area contributed by atoms with Crippen molar-refractivity contribution in [2.45, 2.75) is 0 Å². The summed E-state index contributed by atoms with van der Waals surface area (Å²) in [6.07, 6.45) is 0. The van der Waals surface area contributed by atoms with Gasteiger partial charge >= 0.3 is 0 Å². The van der Waals surface area contributed by atoms with Crippen LogP contribution in [0.3, 0.4) is 0 Å². The largest absolute Gasteiger partial charge is 0.317 e. The quantitative estimate of drug-likeness (QED) is 0.154. The fourth-order valence-corrected chi connectivity index (χ4v) is 11.2. The van der Waals surface area contributed by atoms with Crippen LogP contribution in [0.25, 0.3) is 126 Å². The molecule has 14 aromatic rings. The highest BCUT2D eigenvalue weighted by atomic mass is 19.1. The second-order valence-corrected chi connectivity index (χ2v) is 17.4. The number of rotatable bonds is 5. The van der Waals surface area contributed by atoms with E-state index in [1.54, 1.807) is 0 Å². The van der Waals surface area contributed by atoms with E-state index in [2.05, 4.69) is 163 Å². The van der Waals surface area contributed by atoms with Gasteiger partial charge in [0.25, 0.3) is 0 Å². The minimum Gasteiger partial charge on any atom is -0.317 e. The zero-order chi connectivity index (χ0) is 45.2. The van der Waals surface area contributed by atoms with Gasteiger partial charge < -0.3 is 18.3 Å². The Kier molecular flexibility index (Phi) is 8.05. The molecule has 68 heavy (non-hydrogen) atoms. The van der Waals surface area contributed by atoms with Gasteiger partial charge in [0.2, 0.25) is 5.69 Å². The molecule has 5 nitrogen and oxygen atoms in total. The third kappa shape index (κ3) is 5.22. The minimum absolute atomic E-state index is 0.324. The monoisotopic (exact) mass is 875 g/mol. The van der Waals surface area contributed by atoms with E-state index in [0.717, 1.165) is 105 Å². The van der Waals surface area contributed by atoms with Crippen molar-refractivity contribution < 1.29 is 8.78 Å². The van der Waals surface area contributed by atoms with Crippen molar-refractivity contribution in [2.24, 2.45) is 0 Å². The van der Waals surface area contributed by atoms with Gasteiger partial charge in [-0.1, -0.05) is 140 Å². The van der Waals surface area contributed by atoms with Crippen LogP contribution in [0.4, 0.5) is 14.5 Å². The highest BCUT2D eigenvalue weighted by Gasteiger charge is 2.29. The van der Waals surface area contributed by atoms with Crippen LogP contribution in [-0.4, -0.2) is 18.3 Å². The molecule has 0 N–H and O–H groups in total. The van der Waals surface area contributed by atoms with Gasteiger partial charge in [0.15, 0.2) is 0 Å². The number of hydrogen-bond acceptors (Lipinski definition) is 0. The second kappa shape index (κ2) is 14.4. The molecule has 0 saturated carbocycles. The van der Waals surface area contributed by atoms with Crippen molar-refractivity contribution >= 4 is 92.9 Å². The zero-order valence-electron chi connectivity index (χ0n) is 36.2. The molecule has 0 aliphatic carbocycles. The summed E-state index contributed by atoms with van der Waals surface area (Å²) in [5.41, 5.74) is 12.0. The van der Waals surface area contributed by atoms with E-state index in [4.69, 9.17) is 0 Å². The summed E-state index contributed by atoms with van der Waals surface area (Å²) < 4.78 is 40.2. The first-order chi connectivity index (χ1) is 33.6. The number of nitrogens with zero attached hydrogens (tertiary/aromatic N) is 5. The molecule has 0 spiro atoms. The first-order valence-electron chi connectivity index (χ1n) is 22.6. The van der Waals surface area contributed by atoms with Gasteiger partial charge in [-0.15, -0.1) is 0 Å². The number of halogens is 2. The van der Waals surface area contributed by atoms with E-state index in [9.17, 15) is 6.57 Å². The van der Waals surface area contributed by atoms with Crippen LogP contribution in [0.2, 0.25) is 0 Å². The number of aromatic nitrogens is 4. The maximum atomic E-state index is 15.6. The van der Waals surface area contributed by atoms with Crippen LogP contribution in [0, 0.1) is 18.2 Å². The third-order valence-corrected chi connectivity index (χ3v) is 13.8. The van der Waals surface area contributed by atoms with E-state index in [1.165, 1.54) is 12.1 Å². The normalized spacial score (nSPS) is 12.0. The predicted octanol–water partition coefficient (Wildman–Crippen LogP) is 16.6. The lowest BCUT2D eigenvalue weighted by molar-refractivity contribution is 0.584. The fourth-order valence-electron chi connectivity index (χ4n) is 11.2. The molecule has 0 aliphatic rings. The maximum Gasteiger partial charge on any atom is 0.234 e. The summed E-state index contributed by atoms with van der Waals surface area (Å²) in [5, 5.41) is 8.35. The molecule has 0 saturated heterocycles. The second-order valence-electron chi connectivity index (χ2n) is 17.4. The Balaban J connectivity index is 1.22. The molecule has 0 atom stereocenters. The van der Waals surface area contributed by atoms with Crippen LogP contribution >= 0.6 is 0 Å². The first-order valence-corrected chi connectivity index (χ1v) is 22.6.